The molecule has 1 aromatic rings. The minimum Gasteiger partial charge on any atom is -0.370 e. The maximum atomic E-state index is 13.6. The van der Waals surface area contributed by atoms with E-state index in [0.29, 0.717) is 19.4 Å². The normalized spacial score (nSPS) is 16.3. The number of hydrogen-bond donors (Lipinski definition) is 0. The second-order valence-corrected chi connectivity index (χ2v) is 3.43. The highest BCUT2D eigenvalue weighted by molar-refractivity contribution is 5.95. The van der Waals surface area contributed by atoms with Crippen molar-refractivity contribution in [3.05, 3.63) is 29.6 Å². The van der Waals surface area contributed by atoms with E-state index >= 15 is 0 Å². The van der Waals surface area contributed by atoms with Crippen molar-refractivity contribution in [2.75, 3.05) is 24.7 Å². The van der Waals surface area contributed by atoms with Gasteiger partial charge in [0.1, 0.15) is 18.7 Å². The van der Waals surface area contributed by atoms with Crippen molar-refractivity contribution in [2.24, 2.45) is 0 Å². The molecule has 0 N–H and O–H groups in total. The molecule has 0 aliphatic carbocycles. The highest BCUT2D eigenvalue weighted by Gasteiger charge is 2.22. The summed E-state index contributed by atoms with van der Waals surface area (Å²) in [6, 6.07) is 4.03. The standard InChI is InChI=1S/C11H10FNO3/c12-9-5-8(6-14)1-2-10(9)13-3-4-16-7-11(13)15/h1-2,5-6H,3-4,7H2. The fraction of sp³-hybridized carbons (Fsp3) is 0.273. The van der Waals surface area contributed by atoms with Crippen molar-refractivity contribution in [3.8, 4) is 0 Å². The summed E-state index contributed by atoms with van der Waals surface area (Å²) in [5, 5.41) is 0. The second-order valence-electron chi connectivity index (χ2n) is 3.43. The molecule has 1 aliphatic heterocycles. The van der Waals surface area contributed by atoms with Gasteiger partial charge in [-0.2, -0.15) is 0 Å². The molecule has 0 saturated carbocycles. The number of halogens is 1. The molecule has 0 atom stereocenters. The van der Waals surface area contributed by atoms with E-state index in [-0.39, 0.29) is 23.8 Å². The van der Waals surface area contributed by atoms with Crippen LogP contribution in [0, 0.1) is 5.82 Å². The van der Waals surface area contributed by atoms with Crippen LogP contribution in [0.1, 0.15) is 10.4 Å². The Morgan fingerprint density at radius 1 is 1.44 bits per heavy atom. The summed E-state index contributed by atoms with van der Waals surface area (Å²) in [6.07, 6.45) is 0.563. The number of carbonyl (C=O) groups is 2. The number of benzene rings is 1. The quantitative estimate of drug-likeness (QED) is 0.703. The van der Waals surface area contributed by atoms with Crippen LogP contribution < -0.4 is 4.90 Å². The van der Waals surface area contributed by atoms with Gasteiger partial charge in [-0.1, -0.05) is 0 Å². The average Bonchev–Trinajstić information content (AvgIpc) is 2.30. The summed E-state index contributed by atoms with van der Waals surface area (Å²) in [5.41, 5.74) is 0.445. The van der Waals surface area contributed by atoms with Gasteiger partial charge in [-0.05, 0) is 18.2 Å². The third-order valence-electron chi connectivity index (χ3n) is 2.38. The minimum absolute atomic E-state index is 0.0329. The van der Waals surface area contributed by atoms with Crippen molar-refractivity contribution >= 4 is 17.9 Å². The van der Waals surface area contributed by atoms with Crippen LogP contribution in [0.25, 0.3) is 0 Å². The predicted molar refractivity (Wildman–Crippen MR) is 55.0 cm³/mol. The van der Waals surface area contributed by atoms with E-state index in [9.17, 15) is 14.0 Å². The molecule has 1 amide bonds. The first-order valence-electron chi connectivity index (χ1n) is 4.85. The Hall–Kier alpha value is -1.75. The zero-order valence-electron chi connectivity index (χ0n) is 8.48. The van der Waals surface area contributed by atoms with E-state index in [4.69, 9.17) is 4.74 Å². The lowest BCUT2D eigenvalue weighted by Gasteiger charge is -2.27. The molecule has 0 aromatic heterocycles. The van der Waals surface area contributed by atoms with Crippen LogP contribution in [0.3, 0.4) is 0 Å². The van der Waals surface area contributed by atoms with E-state index in [2.05, 4.69) is 0 Å². The fourth-order valence-corrected chi connectivity index (χ4v) is 1.59. The molecule has 4 nitrogen and oxygen atoms in total. The van der Waals surface area contributed by atoms with Gasteiger partial charge in [0.05, 0.1) is 12.3 Å². The lowest BCUT2D eigenvalue weighted by Crippen LogP contribution is -2.42. The Morgan fingerprint density at radius 3 is 2.88 bits per heavy atom. The maximum absolute atomic E-state index is 13.6. The third kappa shape index (κ3) is 1.94. The first kappa shape index (κ1) is 10.8. The van der Waals surface area contributed by atoms with Crippen molar-refractivity contribution < 1.29 is 18.7 Å². The molecule has 0 bridgehead atoms. The minimum atomic E-state index is -0.570. The molecule has 1 aromatic carbocycles. The lowest BCUT2D eigenvalue weighted by atomic mass is 10.2. The number of nitrogens with zero attached hydrogens (tertiary/aromatic N) is 1. The number of amides is 1. The smallest absolute Gasteiger partial charge is 0.253 e. The molecule has 0 spiro atoms. The molecule has 5 heteroatoms. The summed E-state index contributed by atoms with van der Waals surface area (Å²) in [4.78, 5) is 23.2. The molecule has 1 saturated heterocycles. The monoisotopic (exact) mass is 223 g/mol. The number of anilines is 1. The Balaban J connectivity index is 2.32. The number of morpholine rings is 1. The maximum Gasteiger partial charge on any atom is 0.253 e. The zero-order valence-corrected chi connectivity index (χ0v) is 8.48. The van der Waals surface area contributed by atoms with Crippen molar-refractivity contribution in [1.82, 2.24) is 0 Å². The van der Waals surface area contributed by atoms with E-state index in [0.717, 1.165) is 6.07 Å². The molecule has 2 rings (SSSR count). The van der Waals surface area contributed by atoms with Gasteiger partial charge in [0.25, 0.3) is 5.91 Å². The van der Waals surface area contributed by atoms with Gasteiger partial charge in [0.2, 0.25) is 0 Å². The Kier molecular flexibility index (Phi) is 2.96. The van der Waals surface area contributed by atoms with E-state index in [1.54, 1.807) is 0 Å². The van der Waals surface area contributed by atoms with Gasteiger partial charge in [-0.15, -0.1) is 0 Å². The number of rotatable bonds is 2. The Morgan fingerprint density at radius 2 is 2.25 bits per heavy atom. The predicted octanol–water partition coefficient (Wildman–Crippen LogP) is 1.00. The summed E-state index contributed by atoms with van der Waals surface area (Å²) >= 11 is 0. The number of aldehydes is 1. The Bertz CT molecular complexity index is 433. The SMILES string of the molecule is O=Cc1ccc(N2CCOCC2=O)c(F)c1. The van der Waals surface area contributed by atoms with Crippen LogP contribution in [0.5, 0.6) is 0 Å². The molecule has 1 heterocycles. The molecule has 1 fully saturated rings. The first-order valence-corrected chi connectivity index (χ1v) is 4.85. The van der Waals surface area contributed by atoms with Gasteiger partial charge >= 0.3 is 0 Å². The zero-order chi connectivity index (χ0) is 11.5. The molecule has 1 aliphatic rings. The van der Waals surface area contributed by atoms with Crippen LogP contribution in [0.4, 0.5) is 10.1 Å². The van der Waals surface area contributed by atoms with Gasteiger partial charge in [0, 0.05) is 12.1 Å². The summed E-state index contributed by atoms with van der Waals surface area (Å²) in [6.45, 7) is 0.686. The average molecular weight is 223 g/mol. The highest BCUT2D eigenvalue weighted by Crippen LogP contribution is 2.21. The van der Waals surface area contributed by atoms with Crippen molar-refractivity contribution in [3.63, 3.8) is 0 Å². The third-order valence-corrected chi connectivity index (χ3v) is 2.38. The van der Waals surface area contributed by atoms with E-state index in [1.165, 1.54) is 17.0 Å². The van der Waals surface area contributed by atoms with Gasteiger partial charge < -0.3 is 9.64 Å². The second kappa shape index (κ2) is 4.40. The molecule has 84 valence electrons. The highest BCUT2D eigenvalue weighted by atomic mass is 19.1. The fourth-order valence-electron chi connectivity index (χ4n) is 1.59. The molecule has 0 radical (unpaired) electrons. The number of carbonyl (C=O) groups excluding carboxylic acids is 2. The molecule has 0 unspecified atom stereocenters. The van der Waals surface area contributed by atoms with Gasteiger partial charge in [-0.3, -0.25) is 9.59 Å². The summed E-state index contributed by atoms with van der Waals surface area (Å²) < 4.78 is 18.5. The van der Waals surface area contributed by atoms with Crippen LogP contribution in [0.15, 0.2) is 18.2 Å². The van der Waals surface area contributed by atoms with E-state index < -0.39 is 5.82 Å². The Labute approximate surface area is 91.6 Å². The van der Waals surface area contributed by atoms with Crippen LogP contribution in [0.2, 0.25) is 0 Å². The van der Waals surface area contributed by atoms with Crippen molar-refractivity contribution in [1.29, 1.82) is 0 Å². The van der Waals surface area contributed by atoms with Crippen LogP contribution in [-0.2, 0) is 9.53 Å². The molecule has 16 heavy (non-hydrogen) atoms. The van der Waals surface area contributed by atoms with Crippen LogP contribution >= 0.6 is 0 Å². The first-order chi connectivity index (χ1) is 7.72. The summed E-state index contributed by atoms with van der Waals surface area (Å²) in [5.74, 6) is -0.844. The topological polar surface area (TPSA) is 46.6 Å². The van der Waals surface area contributed by atoms with Gasteiger partial charge in [0.15, 0.2) is 0 Å². The largest absolute Gasteiger partial charge is 0.370 e. The van der Waals surface area contributed by atoms with Gasteiger partial charge in [-0.25, -0.2) is 4.39 Å². The molecular formula is C11H10FNO3. The number of ether oxygens (including phenoxy) is 1. The van der Waals surface area contributed by atoms with Crippen molar-refractivity contribution in [2.45, 2.75) is 0 Å². The summed E-state index contributed by atoms with van der Waals surface area (Å²) in [7, 11) is 0. The van der Waals surface area contributed by atoms with Crippen LogP contribution in [-0.4, -0.2) is 32.0 Å². The lowest BCUT2D eigenvalue weighted by molar-refractivity contribution is -0.125. The van der Waals surface area contributed by atoms with E-state index in [1.807, 2.05) is 0 Å². The molecular weight excluding hydrogens is 213 g/mol. The number of hydrogen-bond acceptors (Lipinski definition) is 3.